The summed E-state index contributed by atoms with van der Waals surface area (Å²) in [5.41, 5.74) is 1.78. The first-order valence-electron chi connectivity index (χ1n) is 9.83. The van der Waals surface area contributed by atoms with Crippen molar-refractivity contribution in [1.82, 2.24) is 9.21 Å². The van der Waals surface area contributed by atoms with Crippen LogP contribution in [0, 0.1) is 11.8 Å². The zero-order valence-corrected chi connectivity index (χ0v) is 18.8. The van der Waals surface area contributed by atoms with E-state index in [-0.39, 0.29) is 17.3 Å². The molecule has 0 saturated carbocycles. The van der Waals surface area contributed by atoms with Crippen LogP contribution >= 0.6 is 11.3 Å². The van der Waals surface area contributed by atoms with Crippen LogP contribution in [0.4, 0.5) is 5.69 Å². The van der Waals surface area contributed by atoms with Gasteiger partial charge >= 0.3 is 0 Å². The molecule has 2 heterocycles. The van der Waals surface area contributed by atoms with Gasteiger partial charge in [-0.3, -0.25) is 9.69 Å². The Morgan fingerprint density at radius 3 is 2.41 bits per heavy atom. The Bertz CT molecular complexity index is 901. The fourth-order valence-electron chi connectivity index (χ4n) is 3.86. The third-order valence-corrected chi connectivity index (χ3v) is 7.64. The molecule has 8 heteroatoms. The van der Waals surface area contributed by atoms with Gasteiger partial charge in [0.15, 0.2) is 0 Å². The van der Waals surface area contributed by atoms with Gasteiger partial charge in [0.2, 0.25) is 15.9 Å². The number of nitrogens with one attached hydrogen (secondary N) is 1. The molecular weight excluding hydrogens is 406 g/mol. The molecule has 1 amide bonds. The van der Waals surface area contributed by atoms with Crippen LogP contribution < -0.4 is 5.32 Å². The van der Waals surface area contributed by atoms with Crippen LogP contribution in [0.3, 0.4) is 0 Å². The number of hydrogen-bond donors (Lipinski definition) is 1. The number of rotatable bonds is 7. The van der Waals surface area contributed by atoms with E-state index in [0.717, 1.165) is 6.42 Å². The van der Waals surface area contributed by atoms with E-state index >= 15 is 0 Å². The van der Waals surface area contributed by atoms with Gasteiger partial charge in [-0.25, -0.2) is 8.42 Å². The maximum atomic E-state index is 12.9. The van der Waals surface area contributed by atoms with Gasteiger partial charge < -0.3 is 5.32 Å². The van der Waals surface area contributed by atoms with E-state index < -0.39 is 10.0 Å². The highest BCUT2D eigenvalue weighted by atomic mass is 32.2. The van der Waals surface area contributed by atoms with Gasteiger partial charge in [0.25, 0.3) is 0 Å². The summed E-state index contributed by atoms with van der Waals surface area (Å²) >= 11 is 1.64. The average Bonchev–Trinajstić information content (AvgIpc) is 3.14. The average molecular weight is 436 g/mol. The number of hydrogen-bond acceptors (Lipinski definition) is 5. The van der Waals surface area contributed by atoms with Crippen molar-refractivity contribution in [1.29, 1.82) is 0 Å². The normalized spacial score (nSPS) is 20.7. The Balaban J connectivity index is 1.58. The second-order valence-corrected chi connectivity index (χ2v) is 10.9. The number of thiophene rings is 1. The molecule has 1 aromatic heterocycles. The van der Waals surface area contributed by atoms with E-state index in [9.17, 15) is 13.2 Å². The van der Waals surface area contributed by atoms with Crippen LogP contribution in [0.25, 0.3) is 0 Å². The number of nitrogens with zero attached hydrogens (tertiary/aromatic N) is 2. The Hall–Kier alpha value is -1.74. The zero-order chi connectivity index (χ0) is 21.0. The lowest BCUT2D eigenvalue weighted by Crippen LogP contribution is -2.42. The number of carbonyl (C=O) groups excluding carboxylic acids is 1. The first-order valence-corrected chi connectivity index (χ1v) is 12.2. The third kappa shape index (κ3) is 5.88. The van der Waals surface area contributed by atoms with E-state index in [2.05, 4.69) is 24.5 Å². The van der Waals surface area contributed by atoms with Gasteiger partial charge in [0.05, 0.1) is 11.4 Å². The standard InChI is InChI=1S/C21H29N3O3S2/c1-16-10-17(2)12-24(11-16)29(26,27)20-6-4-19(5-7-20)22-21(25)14-23(3)13-18-8-9-28-15-18/h4-9,15-17H,10-14H2,1-3H3,(H,22,25). The molecule has 0 bridgehead atoms. The number of anilines is 1. The van der Waals surface area contributed by atoms with Gasteiger partial charge in [0, 0.05) is 25.3 Å². The lowest BCUT2D eigenvalue weighted by atomic mass is 9.94. The van der Waals surface area contributed by atoms with Crippen molar-refractivity contribution in [2.45, 2.75) is 31.7 Å². The molecule has 2 atom stereocenters. The second-order valence-electron chi connectivity index (χ2n) is 8.14. The molecule has 29 heavy (non-hydrogen) atoms. The second kappa shape index (κ2) is 9.38. The van der Waals surface area contributed by atoms with Crippen molar-refractivity contribution in [2.75, 3.05) is 32.0 Å². The topological polar surface area (TPSA) is 69.7 Å². The molecule has 0 radical (unpaired) electrons. The molecule has 158 valence electrons. The molecule has 1 saturated heterocycles. The SMILES string of the molecule is CC1CC(C)CN(S(=O)(=O)c2ccc(NC(=O)CN(C)Cc3ccsc3)cc2)C1. The predicted molar refractivity (Wildman–Crippen MR) is 117 cm³/mol. The molecule has 2 aromatic rings. The number of piperidine rings is 1. The lowest BCUT2D eigenvalue weighted by Gasteiger charge is -2.34. The van der Waals surface area contributed by atoms with Crippen LogP contribution in [0.2, 0.25) is 0 Å². The van der Waals surface area contributed by atoms with E-state index in [1.807, 2.05) is 23.4 Å². The number of likely N-dealkylation sites (N-methyl/N-ethyl adjacent to an activating group) is 1. The number of sulfonamides is 1. The molecule has 1 aliphatic heterocycles. The van der Waals surface area contributed by atoms with Crippen molar-refractivity contribution in [2.24, 2.45) is 11.8 Å². The van der Waals surface area contributed by atoms with Crippen molar-refractivity contribution >= 4 is 33.0 Å². The van der Waals surface area contributed by atoms with Crippen LogP contribution in [-0.4, -0.2) is 50.2 Å². The summed E-state index contributed by atoms with van der Waals surface area (Å²) < 4.78 is 27.5. The minimum atomic E-state index is -3.51. The number of amides is 1. The Morgan fingerprint density at radius 2 is 1.83 bits per heavy atom. The fraction of sp³-hybridized carbons (Fsp3) is 0.476. The zero-order valence-electron chi connectivity index (χ0n) is 17.2. The monoisotopic (exact) mass is 435 g/mol. The smallest absolute Gasteiger partial charge is 0.243 e. The number of benzene rings is 1. The van der Waals surface area contributed by atoms with Crippen molar-refractivity contribution in [3.8, 4) is 0 Å². The fourth-order valence-corrected chi connectivity index (χ4v) is 6.20. The molecule has 1 aromatic carbocycles. The summed E-state index contributed by atoms with van der Waals surface area (Å²) in [6.07, 6.45) is 1.05. The van der Waals surface area contributed by atoms with Gasteiger partial charge in [-0.1, -0.05) is 13.8 Å². The van der Waals surface area contributed by atoms with Crippen LogP contribution in [0.5, 0.6) is 0 Å². The van der Waals surface area contributed by atoms with E-state index in [0.29, 0.717) is 37.2 Å². The van der Waals surface area contributed by atoms with Gasteiger partial charge in [-0.05, 0) is 72.0 Å². The lowest BCUT2D eigenvalue weighted by molar-refractivity contribution is -0.117. The van der Waals surface area contributed by atoms with E-state index in [1.165, 1.54) is 5.56 Å². The van der Waals surface area contributed by atoms with E-state index in [4.69, 9.17) is 0 Å². The van der Waals surface area contributed by atoms with Gasteiger partial charge in [0.1, 0.15) is 0 Å². The molecule has 0 aliphatic carbocycles. The number of carbonyl (C=O) groups is 1. The molecule has 1 aliphatic rings. The summed E-state index contributed by atoms with van der Waals surface area (Å²) in [6.45, 7) is 6.27. The van der Waals surface area contributed by atoms with E-state index in [1.54, 1.807) is 39.9 Å². The van der Waals surface area contributed by atoms with Crippen molar-refractivity contribution < 1.29 is 13.2 Å². The molecule has 0 spiro atoms. The third-order valence-electron chi connectivity index (χ3n) is 5.06. The van der Waals surface area contributed by atoms with Crippen molar-refractivity contribution in [3.63, 3.8) is 0 Å². The Labute approximate surface area is 177 Å². The first kappa shape index (κ1) is 22.0. The largest absolute Gasteiger partial charge is 0.325 e. The molecule has 6 nitrogen and oxygen atoms in total. The highest BCUT2D eigenvalue weighted by molar-refractivity contribution is 7.89. The summed E-state index contributed by atoms with van der Waals surface area (Å²) in [7, 11) is -1.61. The quantitative estimate of drug-likeness (QED) is 0.723. The van der Waals surface area contributed by atoms with Gasteiger partial charge in [-0.15, -0.1) is 0 Å². The Morgan fingerprint density at radius 1 is 1.17 bits per heavy atom. The molecule has 3 rings (SSSR count). The molecule has 2 unspecified atom stereocenters. The predicted octanol–water partition coefficient (Wildman–Crippen LogP) is 3.49. The maximum Gasteiger partial charge on any atom is 0.243 e. The van der Waals surface area contributed by atoms with Crippen LogP contribution in [-0.2, 0) is 21.4 Å². The summed E-state index contributed by atoms with van der Waals surface area (Å²) in [5, 5.41) is 6.92. The molecule has 1 N–H and O–H groups in total. The first-order chi connectivity index (χ1) is 13.7. The minimum absolute atomic E-state index is 0.128. The molecule has 1 fully saturated rings. The highest BCUT2D eigenvalue weighted by Crippen LogP contribution is 2.27. The molecular formula is C21H29N3O3S2. The summed E-state index contributed by atoms with van der Waals surface area (Å²) in [6, 6.07) is 8.50. The summed E-state index contributed by atoms with van der Waals surface area (Å²) in [5.74, 6) is 0.591. The Kier molecular flexibility index (Phi) is 7.10. The maximum absolute atomic E-state index is 12.9. The van der Waals surface area contributed by atoms with Gasteiger partial charge in [-0.2, -0.15) is 15.6 Å². The van der Waals surface area contributed by atoms with Crippen LogP contribution in [0.15, 0.2) is 46.0 Å². The van der Waals surface area contributed by atoms with Crippen LogP contribution in [0.1, 0.15) is 25.8 Å². The minimum Gasteiger partial charge on any atom is -0.325 e. The van der Waals surface area contributed by atoms with Crippen molar-refractivity contribution in [3.05, 3.63) is 46.7 Å². The highest BCUT2D eigenvalue weighted by Gasteiger charge is 2.31. The summed E-state index contributed by atoms with van der Waals surface area (Å²) in [4.78, 5) is 14.5.